The average molecular weight is 268 g/mol. The van der Waals surface area contributed by atoms with E-state index in [1.807, 2.05) is 35.0 Å². The van der Waals surface area contributed by atoms with E-state index in [1.165, 1.54) is 0 Å². The average Bonchev–Trinajstić information content (AvgIpc) is 2.74. The molecule has 0 N–H and O–H groups in total. The van der Waals surface area contributed by atoms with Crippen molar-refractivity contribution >= 4 is 30.4 Å². The number of amides is 1. The number of hydrogen-bond donors (Lipinski definition) is 0. The molecule has 0 bridgehead atoms. The summed E-state index contributed by atoms with van der Waals surface area (Å²) in [5, 5.41) is 0. The van der Waals surface area contributed by atoms with Crippen LogP contribution < -0.4 is 4.67 Å². The minimum absolute atomic E-state index is 0.235. The molecule has 1 fully saturated rings. The van der Waals surface area contributed by atoms with Gasteiger partial charge in [-0.2, -0.15) is 0 Å². The van der Waals surface area contributed by atoms with Crippen LogP contribution in [0.2, 0.25) is 0 Å². The van der Waals surface area contributed by atoms with E-state index in [0.29, 0.717) is 5.75 Å². The van der Waals surface area contributed by atoms with Crippen molar-refractivity contribution in [2.24, 2.45) is 0 Å². The highest BCUT2D eigenvalue weighted by molar-refractivity contribution is 8.56. The van der Waals surface area contributed by atoms with Gasteiger partial charge in [-0.1, -0.05) is 43.4 Å². The highest BCUT2D eigenvalue weighted by Crippen LogP contribution is 2.61. The van der Waals surface area contributed by atoms with Crippen molar-refractivity contribution in [1.82, 2.24) is 4.67 Å². The maximum atomic E-state index is 12.0. The second-order valence-electron chi connectivity index (χ2n) is 3.71. The Balaban J connectivity index is 2.26. The summed E-state index contributed by atoms with van der Waals surface area (Å²) in [5.41, 5.74) is 1.03. The van der Waals surface area contributed by atoms with Crippen LogP contribution in [0.4, 0.5) is 5.69 Å². The van der Waals surface area contributed by atoms with Crippen LogP contribution in [0.1, 0.15) is 13.8 Å². The van der Waals surface area contributed by atoms with Crippen LogP contribution in [-0.2, 0) is 4.79 Å². The molecule has 5 heteroatoms. The second-order valence-corrected chi connectivity index (χ2v) is 7.48. The van der Waals surface area contributed by atoms with Gasteiger partial charge in [-0.25, -0.2) is 0 Å². The molecule has 1 atom stereocenters. The Bertz CT molecular complexity index is 383. The number of anilines is 1. The Morgan fingerprint density at radius 3 is 2.53 bits per heavy atom. The van der Waals surface area contributed by atoms with E-state index in [4.69, 9.17) is 0 Å². The molecule has 1 aromatic rings. The maximum absolute atomic E-state index is 12.0. The van der Waals surface area contributed by atoms with Gasteiger partial charge >= 0.3 is 0 Å². The normalized spacial score (nSPS) is 20.3. The van der Waals surface area contributed by atoms with Crippen molar-refractivity contribution in [2.45, 2.75) is 13.8 Å². The third-order valence-corrected chi connectivity index (χ3v) is 7.40. The number of nitrogens with zero attached hydrogens (tertiary/aromatic N) is 2. The summed E-state index contributed by atoms with van der Waals surface area (Å²) in [7, 11) is -0.554. The summed E-state index contributed by atoms with van der Waals surface area (Å²) in [4.78, 5) is 12.0. The lowest BCUT2D eigenvalue weighted by atomic mass is 10.3. The van der Waals surface area contributed by atoms with E-state index in [2.05, 4.69) is 18.5 Å². The van der Waals surface area contributed by atoms with Gasteiger partial charge < -0.3 is 0 Å². The fraction of sp³-hybridized carbons (Fsp3) is 0.417. The molecule has 1 amide bonds. The van der Waals surface area contributed by atoms with E-state index in [9.17, 15) is 4.79 Å². The molecule has 3 nitrogen and oxygen atoms in total. The van der Waals surface area contributed by atoms with Gasteiger partial charge in [0.05, 0.1) is 5.75 Å². The van der Waals surface area contributed by atoms with Crippen LogP contribution in [0, 0.1) is 0 Å². The first kappa shape index (κ1) is 12.9. The molecule has 1 heterocycles. The fourth-order valence-electron chi connectivity index (χ4n) is 1.81. The van der Waals surface area contributed by atoms with Crippen LogP contribution in [0.5, 0.6) is 0 Å². The fourth-order valence-corrected chi connectivity index (χ4v) is 6.63. The van der Waals surface area contributed by atoms with Crippen molar-refractivity contribution in [3.8, 4) is 0 Å². The van der Waals surface area contributed by atoms with Crippen LogP contribution >= 0.6 is 18.8 Å². The Morgan fingerprint density at radius 2 is 1.94 bits per heavy atom. The molecule has 0 radical (unpaired) electrons. The summed E-state index contributed by atoms with van der Waals surface area (Å²) in [6.07, 6.45) is 0. The lowest BCUT2D eigenvalue weighted by Gasteiger charge is -2.31. The summed E-state index contributed by atoms with van der Waals surface area (Å²) in [5.74, 6) is 0.844. The first-order valence-electron chi connectivity index (χ1n) is 5.83. The Labute approximate surface area is 108 Å². The van der Waals surface area contributed by atoms with Crippen molar-refractivity contribution < 1.29 is 4.79 Å². The molecule has 0 saturated carbocycles. The minimum atomic E-state index is -0.554. The summed E-state index contributed by atoms with van der Waals surface area (Å²) in [6, 6.07) is 9.99. The van der Waals surface area contributed by atoms with E-state index >= 15 is 0 Å². The SMILES string of the molecule is CCN(CC)P1SCC(=O)N1c1ccccc1. The van der Waals surface area contributed by atoms with Gasteiger partial charge in [0.25, 0.3) is 0 Å². The number of rotatable bonds is 4. The van der Waals surface area contributed by atoms with Gasteiger partial charge in [0, 0.05) is 18.8 Å². The number of benzene rings is 1. The van der Waals surface area contributed by atoms with Crippen molar-refractivity contribution in [2.75, 3.05) is 23.5 Å². The highest BCUT2D eigenvalue weighted by Gasteiger charge is 2.36. The second kappa shape index (κ2) is 5.85. The Morgan fingerprint density at radius 1 is 1.29 bits per heavy atom. The van der Waals surface area contributed by atoms with Gasteiger partial charge in [-0.15, -0.1) is 0 Å². The Hall–Kier alpha value is -0.570. The van der Waals surface area contributed by atoms with Crippen LogP contribution in [-0.4, -0.2) is 29.4 Å². The molecule has 17 heavy (non-hydrogen) atoms. The highest BCUT2D eigenvalue weighted by atomic mass is 32.7. The molecule has 0 aliphatic carbocycles. The van der Waals surface area contributed by atoms with Crippen LogP contribution in [0.25, 0.3) is 0 Å². The van der Waals surface area contributed by atoms with E-state index in [-0.39, 0.29) is 5.91 Å². The smallest absolute Gasteiger partial charge is 0.242 e. The molecule has 1 aliphatic rings. The number of hydrogen-bond acceptors (Lipinski definition) is 3. The van der Waals surface area contributed by atoms with Gasteiger partial charge in [0.1, 0.15) is 7.42 Å². The molecule has 0 spiro atoms. The molecular formula is C12H17N2OPS. The predicted octanol–water partition coefficient (Wildman–Crippen LogP) is 3.34. The van der Waals surface area contributed by atoms with Gasteiger partial charge in [0.2, 0.25) is 5.91 Å². The summed E-state index contributed by atoms with van der Waals surface area (Å²) >= 11 is 1.78. The van der Waals surface area contributed by atoms with Crippen molar-refractivity contribution in [3.63, 3.8) is 0 Å². The zero-order valence-corrected chi connectivity index (χ0v) is 11.9. The molecule has 1 aliphatic heterocycles. The third kappa shape index (κ3) is 2.65. The molecule has 1 unspecified atom stereocenters. The van der Waals surface area contributed by atoms with Gasteiger partial charge in [0.15, 0.2) is 0 Å². The van der Waals surface area contributed by atoms with E-state index in [0.717, 1.165) is 18.8 Å². The van der Waals surface area contributed by atoms with Crippen LogP contribution in [0.3, 0.4) is 0 Å². The minimum Gasteiger partial charge on any atom is -0.273 e. The standard InChI is InChI=1S/C12H17N2OPS/c1-3-13(4-2)16-14(12(15)10-17-16)11-8-6-5-7-9-11/h5-9H,3-4,10H2,1-2H3. The first-order chi connectivity index (χ1) is 8.27. The quantitative estimate of drug-likeness (QED) is 0.782. The molecule has 92 valence electrons. The van der Waals surface area contributed by atoms with E-state index in [1.54, 1.807) is 11.4 Å². The molecule has 0 aromatic heterocycles. The lowest BCUT2D eigenvalue weighted by Crippen LogP contribution is -2.27. The lowest BCUT2D eigenvalue weighted by molar-refractivity contribution is -0.114. The van der Waals surface area contributed by atoms with Crippen molar-refractivity contribution in [3.05, 3.63) is 30.3 Å². The van der Waals surface area contributed by atoms with Crippen LogP contribution in [0.15, 0.2) is 30.3 Å². The van der Waals surface area contributed by atoms with E-state index < -0.39 is 7.42 Å². The maximum Gasteiger partial charge on any atom is 0.242 e. The molecule has 1 saturated heterocycles. The van der Waals surface area contributed by atoms with Crippen molar-refractivity contribution in [1.29, 1.82) is 0 Å². The zero-order chi connectivity index (χ0) is 12.3. The molecule has 1 aromatic carbocycles. The monoisotopic (exact) mass is 268 g/mol. The summed E-state index contributed by atoms with van der Waals surface area (Å²) in [6.45, 7) is 6.29. The first-order valence-corrected chi connectivity index (χ1v) is 8.67. The summed E-state index contributed by atoms with van der Waals surface area (Å²) < 4.78 is 4.35. The Kier molecular flexibility index (Phi) is 4.43. The van der Waals surface area contributed by atoms with Gasteiger partial charge in [-0.05, 0) is 12.1 Å². The molecular weight excluding hydrogens is 251 g/mol. The number of carbonyl (C=O) groups excluding carboxylic acids is 1. The predicted molar refractivity (Wildman–Crippen MR) is 76.2 cm³/mol. The van der Waals surface area contributed by atoms with Gasteiger partial charge in [-0.3, -0.25) is 14.1 Å². The number of para-hydroxylation sites is 1. The largest absolute Gasteiger partial charge is 0.273 e. The third-order valence-electron chi connectivity index (χ3n) is 2.68. The zero-order valence-electron chi connectivity index (χ0n) is 10.2. The topological polar surface area (TPSA) is 23.6 Å². The molecule has 2 rings (SSSR count). The number of carbonyl (C=O) groups is 1.